The summed E-state index contributed by atoms with van der Waals surface area (Å²) in [5.41, 5.74) is 2.74. The molecule has 0 bridgehead atoms. The minimum atomic E-state index is -0.673. The Labute approximate surface area is 234 Å². The van der Waals surface area contributed by atoms with Crippen molar-refractivity contribution in [2.24, 2.45) is 0 Å². The molecule has 2 aromatic heterocycles. The molecule has 1 saturated heterocycles. The highest BCUT2D eigenvalue weighted by Crippen LogP contribution is 2.23. The highest BCUT2D eigenvalue weighted by molar-refractivity contribution is 5.94. The lowest BCUT2D eigenvalue weighted by Gasteiger charge is -2.32. The molecule has 1 fully saturated rings. The number of imidazole rings is 1. The second-order valence-electron chi connectivity index (χ2n) is 11.9. The number of ether oxygens (including phenoxy) is 3. The van der Waals surface area contributed by atoms with Crippen LogP contribution in [0.2, 0.25) is 0 Å². The van der Waals surface area contributed by atoms with Crippen LogP contribution >= 0.6 is 0 Å². The van der Waals surface area contributed by atoms with Crippen LogP contribution in [0, 0.1) is 0 Å². The van der Waals surface area contributed by atoms with Crippen LogP contribution in [-0.4, -0.2) is 62.8 Å². The predicted octanol–water partition coefficient (Wildman–Crippen LogP) is 5.58. The van der Waals surface area contributed by atoms with Gasteiger partial charge in [-0.15, -0.1) is 0 Å². The second-order valence-corrected chi connectivity index (χ2v) is 11.9. The number of hydrogen-bond acceptors (Lipinski definition) is 7. The summed E-state index contributed by atoms with van der Waals surface area (Å²) < 4.78 is 17.8. The SMILES string of the molecule is CC(C)(C)OC(=O)NCc1ccn2cc(-c3ccc(C(=O)N4CCC(OC(=O)OC(C)(C)C)CC4)cc3)nc2c1. The van der Waals surface area contributed by atoms with Crippen LogP contribution in [0.4, 0.5) is 9.59 Å². The Bertz CT molecular complexity index is 1360. The van der Waals surface area contributed by atoms with Crippen molar-refractivity contribution in [2.45, 2.75) is 78.2 Å². The van der Waals surface area contributed by atoms with E-state index in [1.54, 1.807) is 37.8 Å². The highest BCUT2D eigenvalue weighted by Gasteiger charge is 2.28. The minimum absolute atomic E-state index is 0.0561. The molecular weight excluding hydrogens is 512 g/mol. The maximum atomic E-state index is 13.1. The number of pyridine rings is 1. The Balaban J connectivity index is 1.33. The van der Waals surface area contributed by atoms with Gasteiger partial charge in [0.05, 0.1) is 5.69 Å². The van der Waals surface area contributed by atoms with E-state index in [0.717, 1.165) is 22.5 Å². The lowest BCUT2D eigenvalue weighted by Crippen LogP contribution is -2.41. The number of nitrogens with one attached hydrogen (secondary N) is 1. The molecule has 40 heavy (non-hydrogen) atoms. The number of aromatic nitrogens is 2. The van der Waals surface area contributed by atoms with Crippen LogP contribution in [0.5, 0.6) is 0 Å². The van der Waals surface area contributed by atoms with E-state index in [9.17, 15) is 14.4 Å². The summed E-state index contributed by atoms with van der Waals surface area (Å²) in [5.74, 6) is -0.0561. The average Bonchev–Trinajstić information content (AvgIpc) is 3.29. The summed E-state index contributed by atoms with van der Waals surface area (Å²) in [6.45, 7) is 12.2. The Morgan fingerprint density at radius 3 is 2.23 bits per heavy atom. The number of likely N-dealkylation sites (tertiary alicyclic amines) is 1. The third-order valence-corrected chi connectivity index (χ3v) is 6.17. The van der Waals surface area contributed by atoms with Gasteiger partial charge in [0.15, 0.2) is 0 Å². The van der Waals surface area contributed by atoms with Crippen molar-refractivity contribution in [1.82, 2.24) is 19.6 Å². The van der Waals surface area contributed by atoms with Gasteiger partial charge in [0.2, 0.25) is 0 Å². The van der Waals surface area contributed by atoms with Gasteiger partial charge in [0.1, 0.15) is 23.0 Å². The maximum Gasteiger partial charge on any atom is 0.509 e. The van der Waals surface area contributed by atoms with Gasteiger partial charge >= 0.3 is 12.2 Å². The Hall–Kier alpha value is -4.08. The molecule has 10 nitrogen and oxygen atoms in total. The van der Waals surface area contributed by atoms with Crippen molar-refractivity contribution in [3.05, 3.63) is 59.9 Å². The van der Waals surface area contributed by atoms with Gasteiger partial charge < -0.3 is 28.8 Å². The molecule has 4 rings (SSSR count). The van der Waals surface area contributed by atoms with E-state index < -0.39 is 23.5 Å². The summed E-state index contributed by atoms with van der Waals surface area (Å²) in [7, 11) is 0. The van der Waals surface area contributed by atoms with E-state index >= 15 is 0 Å². The Kier molecular flexibility index (Phi) is 8.37. The van der Waals surface area contributed by atoms with Gasteiger partial charge in [-0.25, -0.2) is 14.6 Å². The number of rotatable bonds is 5. The van der Waals surface area contributed by atoms with Crippen LogP contribution < -0.4 is 5.32 Å². The van der Waals surface area contributed by atoms with Crippen molar-refractivity contribution in [3.63, 3.8) is 0 Å². The van der Waals surface area contributed by atoms with Crippen molar-refractivity contribution in [3.8, 4) is 11.3 Å². The van der Waals surface area contributed by atoms with E-state index in [4.69, 9.17) is 19.2 Å². The summed E-state index contributed by atoms with van der Waals surface area (Å²) in [6, 6.07) is 11.2. The molecule has 214 valence electrons. The Morgan fingerprint density at radius 2 is 1.60 bits per heavy atom. The molecule has 2 amide bonds. The van der Waals surface area contributed by atoms with Crippen LogP contribution in [0.25, 0.3) is 16.9 Å². The van der Waals surface area contributed by atoms with E-state index in [0.29, 0.717) is 38.0 Å². The number of hydrogen-bond donors (Lipinski definition) is 1. The molecular formula is C30H38N4O6. The molecule has 0 radical (unpaired) electrons. The lowest BCUT2D eigenvalue weighted by molar-refractivity contribution is -0.0375. The Morgan fingerprint density at radius 1 is 0.950 bits per heavy atom. The summed E-state index contributed by atoms with van der Waals surface area (Å²) in [6.07, 6.45) is 3.56. The fourth-order valence-corrected chi connectivity index (χ4v) is 4.31. The van der Waals surface area contributed by atoms with Gasteiger partial charge in [-0.1, -0.05) is 12.1 Å². The van der Waals surface area contributed by atoms with Gasteiger partial charge in [0.25, 0.3) is 5.91 Å². The first-order valence-electron chi connectivity index (χ1n) is 13.5. The zero-order valence-electron chi connectivity index (χ0n) is 24.0. The molecule has 0 saturated carbocycles. The number of nitrogens with zero attached hydrogens (tertiary/aromatic N) is 3. The van der Waals surface area contributed by atoms with Crippen LogP contribution in [0.1, 0.15) is 70.3 Å². The van der Waals surface area contributed by atoms with Gasteiger partial charge in [0, 0.05) is 56.0 Å². The fourth-order valence-electron chi connectivity index (χ4n) is 4.31. The van der Waals surface area contributed by atoms with Crippen LogP contribution in [0.3, 0.4) is 0 Å². The molecule has 3 heterocycles. The normalized spacial score (nSPS) is 14.6. The first-order chi connectivity index (χ1) is 18.8. The standard InChI is InChI=1S/C30H38N4O6/c1-29(2,3)39-27(36)31-18-20-11-14-34-19-24(32-25(34)17-20)21-7-9-22(10-8-21)26(35)33-15-12-23(13-16-33)38-28(37)40-30(4,5)6/h7-11,14,17,19,23H,12-13,15-16,18H2,1-6H3,(H,31,36). The molecule has 10 heteroatoms. The number of carbonyl (C=O) groups excluding carboxylic acids is 3. The summed E-state index contributed by atoms with van der Waals surface area (Å²) >= 11 is 0. The van der Waals surface area contributed by atoms with E-state index in [1.165, 1.54) is 0 Å². The number of benzene rings is 1. The molecule has 1 aromatic carbocycles. The van der Waals surface area contributed by atoms with E-state index in [1.807, 2.05) is 61.8 Å². The predicted molar refractivity (Wildman–Crippen MR) is 150 cm³/mol. The number of carbonyl (C=O) groups is 3. The van der Waals surface area contributed by atoms with E-state index in [2.05, 4.69) is 5.32 Å². The molecule has 1 aliphatic rings. The van der Waals surface area contributed by atoms with Crippen LogP contribution in [0.15, 0.2) is 48.8 Å². The van der Waals surface area contributed by atoms with Crippen LogP contribution in [-0.2, 0) is 20.8 Å². The smallest absolute Gasteiger partial charge is 0.444 e. The maximum absolute atomic E-state index is 13.1. The molecule has 0 unspecified atom stereocenters. The molecule has 3 aromatic rings. The van der Waals surface area contributed by atoms with Crippen molar-refractivity contribution in [2.75, 3.05) is 13.1 Å². The molecule has 0 spiro atoms. The molecule has 1 N–H and O–H groups in total. The highest BCUT2D eigenvalue weighted by atomic mass is 16.7. The van der Waals surface area contributed by atoms with E-state index in [-0.39, 0.29) is 12.0 Å². The topological polar surface area (TPSA) is 111 Å². The van der Waals surface area contributed by atoms with Crippen molar-refractivity contribution < 1.29 is 28.6 Å². The van der Waals surface area contributed by atoms with Gasteiger partial charge in [-0.2, -0.15) is 0 Å². The van der Waals surface area contributed by atoms with Crippen molar-refractivity contribution >= 4 is 23.8 Å². The number of fused-ring (bicyclic) bond motifs is 1. The van der Waals surface area contributed by atoms with Gasteiger partial charge in [-0.3, -0.25) is 4.79 Å². The van der Waals surface area contributed by atoms with Crippen molar-refractivity contribution in [1.29, 1.82) is 0 Å². The largest absolute Gasteiger partial charge is 0.509 e. The summed E-state index contributed by atoms with van der Waals surface area (Å²) in [5, 5.41) is 2.76. The molecule has 1 aliphatic heterocycles. The summed E-state index contributed by atoms with van der Waals surface area (Å²) in [4.78, 5) is 43.4. The zero-order valence-corrected chi connectivity index (χ0v) is 24.0. The lowest BCUT2D eigenvalue weighted by atomic mass is 10.0. The third kappa shape index (κ3) is 7.97. The fraction of sp³-hybridized carbons (Fsp3) is 0.467. The first-order valence-corrected chi connectivity index (χ1v) is 13.5. The monoisotopic (exact) mass is 550 g/mol. The molecule has 0 atom stereocenters. The first kappa shape index (κ1) is 28.9. The van der Waals surface area contributed by atoms with Gasteiger partial charge in [-0.05, 0) is 71.4 Å². The number of amides is 2. The number of piperidine rings is 1. The number of alkyl carbamates (subject to hydrolysis) is 1. The quantitative estimate of drug-likeness (QED) is 0.413. The third-order valence-electron chi connectivity index (χ3n) is 6.17. The second kappa shape index (κ2) is 11.6. The average molecular weight is 551 g/mol. The molecule has 0 aliphatic carbocycles. The zero-order chi connectivity index (χ0) is 29.1. The minimum Gasteiger partial charge on any atom is -0.444 e.